The normalized spacial score (nSPS) is 12.7. The predicted octanol–water partition coefficient (Wildman–Crippen LogP) is 1.40. The van der Waals surface area contributed by atoms with Gasteiger partial charge in [0.2, 0.25) is 0 Å². The number of aryl methyl sites for hydroxylation is 2. The number of aliphatic hydroxyl groups excluding tert-OH is 1. The summed E-state index contributed by atoms with van der Waals surface area (Å²) in [6.07, 6.45) is 7.19. The molecule has 0 saturated heterocycles. The van der Waals surface area contributed by atoms with Crippen LogP contribution >= 0.6 is 0 Å². The predicted molar refractivity (Wildman–Crippen MR) is 60.8 cm³/mol. The largest absolute Gasteiger partial charge is 0.388 e. The van der Waals surface area contributed by atoms with Crippen LogP contribution in [0.3, 0.4) is 0 Å². The molecule has 0 radical (unpaired) electrons. The van der Waals surface area contributed by atoms with E-state index in [9.17, 15) is 5.11 Å². The van der Waals surface area contributed by atoms with Crippen LogP contribution in [0.15, 0.2) is 30.9 Å². The van der Waals surface area contributed by atoms with Crippen LogP contribution in [0, 0.1) is 6.92 Å². The van der Waals surface area contributed by atoms with Crippen LogP contribution in [0.4, 0.5) is 0 Å². The SMILES string of the molecule is Cc1ccncc1C(O)Cc1cnn(C)c1. The third-order valence-corrected chi connectivity index (χ3v) is 2.63. The molecule has 0 bridgehead atoms. The van der Waals surface area contributed by atoms with Crippen LogP contribution < -0.4 is 0 Å². The second kappa shape index (κ2) is 4.45. The van der Waals surface area contributed by atoms with Crippen molar-refractivity contribution in [3.05, 3.63) is 47.5 Å². The van der Waals surface area contributed by atoms with Gasteiger partial charge in [-0.1, -0.05) is 0 Å². The van der Waals surface area contributed by atoms with Crippen molar-refractivity contribution >= 4 is 0 Å². The van der Waals surface area contributed by atoms with Gasteiger partial charge in [-0.05, 0) is 24.1 Å². The maximum Gasteiger partial charge on any atom is 0.0848 e. The first kappa shape index (κ1) is 10.8. The van der Waals surface area contributed by atoms with Crippen LogP contribution in [0.5, 0.6) is 0 Å². The highest BCUT2D eigenvalue weighted by Crippen LogP contribution is 2.20. The fourth-order valence-corrected chi connectivity index (χ4v) is 1.74. The minimum atomic E-state index is -0.516. The second-order valence-corrected chi connectivity index (χ2v) is 3.97. The van der Waals surface area contributed by atoms with E-state index in [0.717, 1.165) is 16.7 Å². The zero-order chi connectivity index (χ0) is 11.5. The highest BCUT2D eigenvalue weighted by Gasteiger charge is 2.11. The summed E-state index contributed by atoms with van der Waals surface area (Å²) in [4.78, 5) is 4.03. The topological polar surface area (TPSA) is 50.9 Å². The van der Waals surface area contributed by atoms with Gasteiger partial charge >= 0.3 is 0 Å². The summed E-state index contributed by atoms with van der Waals surface area (Å²) in [5.41, 5.74) is 2.97. The lowest BCUT2D eigenvalue weighted by Gasteiger charge is -2.11. The van der Waals surface area contributed by atoms with Crippen LogP contribution in [0.25, 0.3) is 0 Å². The van der Waals surface area contributed by atoms with Crippen molar-refractivity contribution in [3.63, 3.8) is 0 Å². The molecule has 1 unspecified atom stereocenters. The molecule has 0 amide bonds. The number of aromatic nitrogens is 3. The van der Waals surface area contributed by atoms with E-state index in [-0.39, 0.29) is 0 Å². The Labute approximate surface area is 94.6 Å². The lowest BCUT2D eigenvalue weighted by Crippen LogP contribution is -2.03. The third kappa shape index (κ3) is 2.28. The van der Waals surface area contributed by atoms with Gasteiger partial charge in [0.05, 0.1) is 12.3 Å². The van der Waals surface area contributed by atoms with E-state index in [0.29, 0.717) is 6.42 Å². The number of hydrogen-bond acceptors (Lipinski definition) is 3. The molecule has 1 N–H and O–H groups in total. The van der Waals surface area contributed by atoms with Crippen molar-refractivity contribution in [3.8, 4) is 0 Å². The van der Waals surface area contributed by atoms with Gasteiger partial charge in [-0.25, -0.2) is 0 Å². The van der Waals surface area contributed by atoms with Crippen LogP contribution in [0.1, 0.15) is 22.8 Å². The van der Waals surface area contributed by atoms with Gasteiger partial charge < -0.3 is 5.11 Å². The Morgan fingerprint density at radius 1 is 1.44 bits per heavy atom. The van der Waals surface area contributed by atoms with E-state index < -0.39 is 6.10 Å². The third-order valence-electron chi connectivity index (χ3n) is 2.63. The van der Waals surface area contributed by atoms with Crippen LogP contribution in [-0.4, -0.2) is 19.9 Å². The summed E-state index contributed by atoms with van der Waals surface area (Å²) in [5, 5.41) is 14.2. The maximum atomic E-state index is 10.1. The Bertz CT molecular complexity index is 479. The molecule has 0 fully saturated rings. The summed E-state index contributed by atoms with van der Waals surface area (Å²) in [5.74, 6) is 0. The fraction of sp³-hybridized carbons (Fsp3) is 0.333. The molecule has 0 aromatic carbocycles. The highest BCUT2D eigenvalue weighted by atomic mass is 16.3. The molecule has 4 heteroatoms. The van der Waals surface area contributed by atoms with Crippen molar-refractivity contribution in [1.29, 1.82) is 0 Å². The molecule has 2 aromatic heterocycles. The maximum absolute atomic E-state index is 10.1. The molecule has 2 aromatic rings. The number of hydrogen-bond donors (Lipinski definition) is 1. The smallest absolute Gasteiger partial charge is 0.0848 e. The molecule has 0 aliphatic rings. The van der Waals surface area contributed by atoms with E-state index >= 15 is 0 Å². The number of nitrogens with zero attached hydrogens (tertiary/aromatic N) is 3. The Morgan fingerprint density at radius 2 is 2.25 bits per heavy atom. The van der Waals surface area contributed by atoms with Crippen molar-refractivity contribution in [1.82, 2.24) is 14.8 Å². The molecule has 84 valence electrons. The van der Waals surface area contributed by atoms with Gasteiger partial charge in [0.1, 0.15) is 0 Å². The number of aliphatic hydroxyl groups is 1. The van der Waals surface area contributed by atoms with Crippen LogP contribution in [-0.2, 0) is 13.5 Å². The molecular formula is C12H15N3O. The lowest BCUT2D eigenvalue weighted by atomic mass is 10.0. The first-order valence-corrected chi connectivity index (χ1v) is 5.23. The molecule has 1 atom stereocenters. The average Bonchev–Trinajstić information content (AvgIpc) is 2.64. The van der Waals surface area contributed by atoms with E-state index in [1.807, 2.05) is 26.2 Å². The Hall–Kier alpha value is -1.68. The van der Waals surface area contributed by atoms with Gasteiger partial charge in [-0.15, -0.1) is 0 Å². The molecule has 2 heterocycles. The number of pyridine rings is 1. The molecule has 4 nitrogen and oxygen atoms in total. The molecule has 0 saturated carbocycles. The Kier molecular flexibility index (Phi) is 3.01. The van der Waals surface area contributed by atoms with Gasteiger partial charge in [0.25, 0.3) is 0 Å². The molecule has 2 rings (SSSR count). The monoisotopic (exact) mass is 217 g/mol. The van der Waals surface area contributed by atoms with Gasteiger partial charge in [0.15, 0.2) is 0 Å². The van der Waals surface area contributed by atoms with Crippen molar-refractivity contribution in [2.45, 2.75) is 19.4 Å². The second-order valence-electron chi connectivity index (χ2n) is 3.97. The zero-order valence-corrected chi connectivity index (χ0v) is 9.46. The summed E-state index contributed by atoms with van der Waals surface area (Å²) in [7, 11) is 1.87. The van der Waals surface area contributed by atoms with E-state index in [1.54, 1.807) is 23.3 Å². The molecule has 0 aliphatic heterocycles. The first-order chi connectivity index (χ1) is 7.66. The summed E-state index contributed by atoms with van der Waals surface area (Å²) >= 11 is 0. The quantitative estimate of drug-likeness (QED) is 0.845. The molecule has 16 heavy (non-hydrogen) atoms. The molecule has 0 aliphatic carbocycles. The first-order valence-electron chi connectivity index (χ1n) is 5.23. The highest BCUT2D eigenvalue weighted by molar-refractivity contribution is 5.25. The van der Waals surface area contributed by atoms with Crippen molar-refractivity contribution in [2.24, 2.45) is 7.05 Å². The van der Waals surface area contributed by atoms with Crippen LogP contribution in [0.2, 0.25) is 0 Å². The van der Waals surface area contributed by atoms with E-state index in [4.69, 9.17) is 0 Å². The van der Waals surface area contributed by atoms with E-state index in [1.165, 1.54) is 0 Å². The Morgan fingerprint density at radius 3 is 2.88 bits per heavy atom. The molecular weight excluding hydrogens is 202 g/mol. The minimum absolute atomic E-state index is 0.516. The van der Waals surface area contributed by atoms with Crippen molar-refractivity contribution in [2.75, 3.05) is 0 Å². The summed E-state index contributed by atoms with van der Waals surface area (Å²) in [6.45, 7) is 1.98. The zero-order valence-electron chi connectivity index (χ0n) is 9.46. The summed E-state index contributed by atoms with van der Waals surface area (Å²) in [6, 6.07) is 1.90. The Balaban J connectivity index is 2.14. The lowest BCUT2D eigenvalue weighted by molar-refractivity contribution is 0.177. The standard InChI is InChI=1S/C12H15N3O/c1-9-3-4-13-7-11(9)12(16)5-10-6-14-15(2)8-10/h3-4,6-8,12,16H,5H2,1-2H3. The molecule has 0 spiro atoms. The van der Waals surface area contributed by atoms with Gasteiger partial charge in [0, 0.05) is 37.6 Å². The fourth-order valence-electron chi connectivity index (χ4n) is 1.74. The average molecular weight is 217 g/mol. The van der Waals surface area contributed by atoms with Gasteiger partial charge in [-0.3, -0.25) is 9.67 Å². The summed E-state index contributed by atoms with van der Waals surface area (Å²) < 4.78 is 1.73. The van der Waals surface area contributed by atoms with Crippen molar-refractivity contribution < 1.29 is 5.11 Å². The number of rotatable bonds is 3. The van der Waals surface area contributed by atoms with E-state index in [2.05, 4.69) is 10.1 Å². The minimum Gasteiger partial charge on any atom is -0.388 e. The van der Waals surface area contributed by atoms with Gasteiger partial charge in [-0.2, -0.15) is 5.10 Å².